The van der Waals surface area contributed by atoms with E-state index in [0.29, 0.717) is 5.92 Å². The molecule has 1 aliphatic heterocycles. The number of carbonyl (C=O) groups excluding carboxylic acids is 1. The van der Waals surface area contributed by atoms with Crippen LogP contribution in [0.2, 0.25) is 0 Å². The molecule has 0 radical (unpaired) electrons. The Balaban J connectivity index is 1.57. The van der Waals surface area contributed by atoms with Gasteiger partial charge in [0.1, 0.15) is 6.33 Å². The Labute approximate surface area is 141 Å². The number of hydrogen-bond donors (Lipinski definition) is 2. The second-order valence-electron chi connectivity index (χ2n) is 7.03. The Morgan fingerprint density at radius 1 is 1.42 bits per heavy atom. The van der Waals surface area contributed by atoms with E-state index in [1.807, 2.05) is 35.9 Å². The zero-order valence-corrected chi connectivity index (χ0v) is 14.0. The van der Waals surface area contributed by atoms with E-state index in [-0.39, 0.29) is 11.3 Å². The Hall–Kier alpha value is -2.21. The van der Waals surface area contributed by atoms with Gasteiger partial charge >= 0.3 is 0 Å². The summed E-state index contributed by atoms with van der Waals surface area (Å²) in [6.45, 7) is 1.76. The first-order valence-corrected chi connectivity index (χ1v) is 8.66. The SMILES string of the molecule is Cn1cnnc1-c1cccc(NC(=O)[C@@]23CCCC[C@H]2CNC3)c1. The molecule has 2 aromatic rings. The van der Waals surface area contributed by atoms with Crippen molar-refractivity contribution in [1.82, 2.24) is 20.1 Å². The van der Waals surface area contributed by atoms with Crippen LogP contribution in [0.3, 0.4) is 0 Å². The molecular weight excluding hydrogens is 302 g/mol. The average molecular weight is 325 g/mol. The minimum absolute atomic E-state index is 0.160. The van der Waals surface area contributed by atoms with Gasteiger partial charge in [-0.15, -0.1) is 10.2 Å². The highest BCUT2D eigenvalue weighted by Crippen LogP contribution is 2.44. The molecule has 1 aromatic carbocycles. The molecule has 0 unspecified atom stereocenters. The van der Waals surface area contributed by atoms with Gasteiger partial charge in [-0.1, -0.05) is 25.0 Å². The van der Waals surface area contributed by atoms with Crippen LogP contribution in [-0.2, 0) is 11.8 Å². The minimum Gasteiger partial charge on any atom is -0.326 e. The van der Waals surface area contributed by atoms with Crippen LogP contribution in [0.15, 0.2) is 30.6 Å². The van der Waals surface area contributed by atoms with Crippen molar-refractivity contribution in [2.75, 3.05) is 18.4 Å². The van der Waals surface area contributed by atoms with Crippen LogP contribution in [0.4, 0.5) is 5.69 Å². The lowest BCUT2D eigenvalue weighted by atomic mass is 9.67. The van der Waals surface area contributed by atoms with Crippen molar-refractivity contribution in [3.05, 3.63) is 30.6 Å². The smallest absolute Gasteiger partial charge is 0.232 e. The van der Waals surface area contributed by atoms with Gasteiger partial charge in [-0.2, -0.15) is 0 Å². The Morgan fingerprint density at radius 3 is 3.17 bits per heavy atom. The molecule has 0 spiro atoms. The lowest BCUT2D eigenvalue weighted by Crippen LogP contribution is -2.44. The number of benzene rings is 1. The van der Waals surface area contributed by atoms with Crippen molar-refractivity contribution in [1.29, 1.82) is 0 Å². The molecule has 1 aromatic heterocycles. The van der Waals surface area contributed by atoms with Crippen LogP contribution in [0.1, 0.15) is 25.7 Å². The summed E-state index contributed by atoms with van der Waals surface area (Å²) in [5, 5.41) is 14.7. The van der Waals surface area contributed by atoms with E-state index < -0.39 is 0 Å². The summed E-state index contributed by atoms with van der Waals surface area (Å²) in [5.41, 5.74) is 1.54. The Morgan fingerprint density at radius 2 is 2.33 bits per heavy atom. The molecule has 1 amide bonds. The van der Waals surface area contributed by atoms with Gasteiger partial charge in [0.2, 0.25) is 5.91 Å². The molecule has 2 fully saturated rings. The third-order valence-electron chi connectivity index (χ3n) is 5.58. The van der Waals surface area contributed by atoms with Crippen LogP contribution < -0.4 is 10.6 Å². The molecule has 0 bridgehead atoms. The summed E-state index contributed by atoms with van der Waals surface area (Å²) in [4.78, 5) is 13.1. The normalized spacial score (nSPS) is 26.1. The van der Waals surface area contributed by atoms with Crippen molar-refractivity contribution in [3.8, 4) is 11.4 Å². The fourth-order valence-corrected chi connectivity index (χ4v) is 4.23. The molecule has 6 nitrogen and oxygen atoms in total. The molecule has 2 N–H and O–H groups in total. The number of aromatic nitrogens is 3. The number of aryl methyl sites for hydroxylation is 1. The van der Waals surface area contributed by atoms with Gasteiger partial charge in [-0.05, 0) is 37.4 Å². The van der Waals surface area contributed by atoms with E-state index in [1.165, 1.54) is 6.42 Å². The molecule has 24 heavy (non-hydrogen) atoms. The van der Waals surface area contributed by atoms with Gasteiger partial charge in [0, 0.05) is 24.8 Å². The quantitative estimate of drug-likeness (QED) is 0.907. The molecule has 2 atom stereocenters. The number of carbonyl (C=O) groups is 1. The Kier molecular flexibility index (Phi) is 3.84. The van der Waals surface area contributed by atoms with E-state index in [9.17, 15) is 4.79 Å². The van der Waals surface area contributed by atoms with Crippen molar-refractivity contribution in [2.24, 2.45) is 18.4 Å². The zero-order valence-electron chi connectivity index (χ0n) is 14.0. The van der Waals surface area contributed by atoms with E-state index in [0.717, 1.165) is 49.4 Å². The molecule has 126 valence electrons. The minimum atomic E-state index is -0.237. The monoisotopic (exact) mass is 325 g/mol. The lowest BCUT2D eigenvalue weighted by molar-refractivity contribution is -0.128. The summed E-state index contributed by atoms with van der Waals surface area (Å²) >= 11 is 0. The molecule has 1 aliphatic carbocycles. The summed E-state index contributed by atoms with van der Waals surface area (Å²) < 4.78 is 1.87. The topological polar surface area (TPSA) is 71.8 Å². The molecule has 1 saturated heterocycles. The van der Waals surface area contributed by atoms with Crippen LogP contribution >= 0.6 is 0 Å². The number of fused-ring (bicyclic) bond motifs is 1. The fourth-order valence-electron chi connectivity index (χ4n) is 4.23. The van der Waals surface area contributed by atoms with Crippen molar-refractivity contribution in [3.63, 3.8) is 0 Å². The maximum Gasteiger partial charge on any atom is 0.232 e. The van der Waals surface area contributed by atoms with Gasteiger partial charge in [0.25, 0.3) is 0 Å². The van der Waals surface area contributed by atoms with Gasteiger partial charge in [-0.3, -0.25) is 4.79 Å². The van der Waals surface area contributed by atoms with Gasteiger partial charge in [-0.25, -0.2) is 0 Å². The van der Waals surface area contributed by atoms with Crippen LogP contribution in [0.5, 0.6) is 0 Å². The number of nitrogens with zero attached hydrogens (tertiary/aromatic N) is 3. The van der Waals surface area contributed by atoms with Gasteiger partial charge < -0.3 is 15.2 Å². The Bertz CT molecular complexity index is 755. The molecular formula is C18H23N5O. The number of rotatable bonds is 3. The number of nitrogens with one attached hydrogen (secondary N) is 2. The predicted octanol–water partition coefficient (Wildman–Crippen LogP) is 2.20. The van der Waals surface area contributed by atoms with Gasteiger partial charge in [0.15, 0.2) is 5.82 Å². The molecule has 2 heterocycles. The van der Waals surface area contributed by atoms with Gasteiger partial charge in [0.05, 0.1) is 5.41 Å². The number of anilines is 1. The highest BCUT2D eigenvalue weighted by Gasteiger charge is 2.49. The van der Waals surface area contributed by atoms with Crippen LogP contribution in [0, 0.1) is 11.3 Å². The standard InChI is InChI=1S/C18H23N5O/c1-23-12-20-22-16(23)13-5-4-7-15(9-13)21-17(24)18-8-3-2-6-14(18)10-19-11-18/h4-5,7,9,12,14,19H,2-3,6,8,10-11H2,1H3,(H,21,24)/t14-,18+/m0/s1. The maximum atomic E-state index is 13.1. The van der Waals surface area contributed by atoms with Crippen molar-refractivity contribution < 1.29 is 4.79 Å². The molecule has 1 saturated carbocycles. The van der Waals surface area contributed by atoms with E-state index in [1.54, 1.807) is 6.33 Å². The van der Waals surface area contributed by atoms with E-state index >= 15 is 0 Å². The summed E-state index contributed by atoms with van der Waals surface area (Å²) in [5.74, 6) is 1.42. The van der Waals surface area contributed by atoms with Crippen LogP contribution in [0.25, 0.3) is 11.4 Å². The summed E-state index contributed by atoms with van der Waals surface area (Å²) in [6.07, 6.45) is 6.20. The first-order valence-electron chi connectivity index (χ1n) is 8.66. The van der Waals surface area contributed by atoms with E-state index in [2.05, 4.69) is 20.8 Å². The fraction of sp³-hybridized carbons (Fsp3) is 0.500. The summed E-state index contributed by atoms with van der Waals surface area (Å²) in [6, 6.07) is 7.84. The molecule has 2 aliphatic rings. The van der Waals surface area contributed by atoms with Crippen molar-refractivity contribution in [2.45, 2.75) is 25.7 Å². The average Bonchev–Trinajstić information content (AvgIpc) is 3.21. The number of amides is 1. The zero-order chi connectivity index (χ0) is 16.6. The third kappa shape index (κ3) is 2.51. The maximum absolute atomic E-state index is 13.1. The second-order valence-corrected chi connectivity index (χ2v) is 7.03. The van der Waals surface area contributed by atoms with Crippen LogP contribution in [-0.4, -0.2) is 33.8 Å². The highest BCUT2D eigenvalue weighted by atomic mass is 16.2. The lowest BCUT2D eigenvalue weighted by Gasteiger charge is -2.37. The second kappa shape index (κ2) is 6.02. The number of hydrogen-bond acceptors (Lipinski definition) is 4. The molecule has 6 heteroatoms. The van der Waals surface area contributed by atoms with E-state index in [4.69, 9.17) is 0 Å². The largest absolute Gasteiger partial charge is 0.326 e. The highest BCUT2D eigenvalue weighted by molar-refractivity contribution is 5.96. The first-order chi connectivity index (χ1) is 11.7. The van der Waals surface area contributed by atoms with Crippen molar-refractivity contribution >= 4 is 11.6 Å². The molecule has 4 rings (SSSR count). The summed E-state index contributed by atoms with van der Waals surface area (Å²) in [7, 11) is 1.91. The third-order valence-corrected chi connectivity index (χ3v) is 5.58. The first kappa shape index (κ1) is 15.3. The predicted molar refractivity (Wildman–Crippen MR) is 92.3 cm³/mol.